The van der Waals surface area contributed by atoms with Crippen LogP contribution in [-0.2, 0) is 27.8 Å². The second-order valence-corrected chi connectivity index (χ2v) is 6.74. The van der Waals surface area contributed by atoms with Gasteiger partial charge < -0.3 is 19.5 Å². The number of hydrogen-bond donors (Lipinski definition) is 1. The van der Waals surface area contributed by atoms with Gasteiger partial charge in [0.1, 0.15) is 18.5 Å². The van der Waals surface area contributed by atoms with E-state index in [2.05, 4.69) is 24.1 Å². The first-order valence-corrected chi connectivity index (χ1v) is 9.24. The molecule has 2 amide bonds. The van der Waals surface area contributed by atoms with Crippen LogP contribution in [0.3, 0.4) is 0 Å². The summed E-state index contributed by atoms with van der Waals surface area (Å²) in [5.41, 5.74) is 3.10. The maximum absolute atomic E-state index is 13.0. The molecule has 1 aromatic heterocycles. The second-order valence-electron chi connectivity index (χ2n) is 6.74. The fraction of sp³-hybridized carbons (Fsp3) is 0.450. The van der Waals surface area contributed by atoms with E-state index in [1.165, 1.54) is 11.1 Å². The maximum atomic E-state index is 13.0. The molecule has 1 aliphatic rings. The highest BCUT2D eigenvalue weighted by Gasteiger charge is 2.43. The van der Waals surface area contributed by atoms with Gasteiger partial charge in [0, 0.05) is 31.7 Å². The molecule has 27 heavy (non-hydrogen) atoms. The number of likely N-dealkylation sites (N-methyl/N-ethyl adjacent to an activating group) is 1. The van der Waals surface area contributed by atoms with Gasteiger partial charge in [-0.3, -0.25) is 9.59 Å². The number of nitrogens with one attached hydrogen (secondary N) is 1. The van der Waals surface area contributed by atoms with Gasteiger partial charge in [-0.2, -0.15) is 0 Å². The van der Waals surface area contributed by atoms with Crippen molar-refractivity contribution in [2.24, 2.45) is 7.05 Å². The summed E-state index contributed by atoms with van der Waals surface area (Å²) in [5.74, 6) is 0.209. The van der Waals surface area contributed by atoms with Crippen molar-refractivity contribution in [3.8, 4) is 0 Å². The maximum Gasteiger partial charge on any atom is 0.256 e. The molecule has 2 aromatic rings. The van der Waals surface area contributed by atoms with E-state index >= 15 is 0 Å². The summed E-state index contributed by atoms with van der Waals surface area (Å²) in [4.78, 5) is 31.4. The summed E-state index contributed by atoms with van der Waals surface area (Å²) in [6, 6.07) is 5.30. The first-order valence-electron chi connectivity index (χ1n) is 9.24. The number of aromatic nitrogens is 2. The molecule has 1 saturated heterocycles. The summed E-state index contributed by atoms with van der Waals surface area (Å²) in [5, 5.41) is 2.95. The van der Waals surface area contributed by atoms with Crippen molar-refractivity contribution in [3.05, 3.63) is 47.5 Å². The highest BCUT2D eigenvalue weighted by molar-refractivity contribution is 5.96. The summed E-state index contributed by atoms with van der Waals surface area (Å²) < 4.78 is 7.49. The lowest BCUT2D eigenvalue weighted by Crippen LogP contribution is -2.53. The molecule has 0 aliphatic carbocycles. The largest absolute Gasteiger partial charge is 0.356 e. The number of benzene rings is 1. The molecular formula is C20H26N4O3. The van der Waals surface area contributed by atoms with Crippen molar-refractivity contribution >= 4 is 17.5 Å². The SMILES string of the molecule is CCc1cc(NC(=O)[C@H]2OCC(=O)N(CC)[C@@H]2c2nccn2C)ccc1C. The van der Waals surface area contributed by atoms with Gasteiger partial charge in [-0.05, 0) is 43.5 Å². The number of imidazole rings is 1. The van der Waals surface area contributed by atoms with E-state index in [9.17, 15) is 9.59 Å². The Labute approximate surface area is 159 Å². The molecule has 0 unspecified atom stereocenters. The Morgan fingerprint density at radius 3 is 2.78 bits per heavy atom. The van der Waals surface area contributed by atoms with E-state index in [0.717, 1.165) is 12.1 Å². The number of aryl methyl sites for hydroxylation is 3. The van der Waals surface area contributed by atoms with Gasteiger partial charge >= 0.3 is 0 Å². The lowest BCUT2D eigenvalue weighted by Gasteiger charge is -2.39. The fourth-order valence-corrected chi connectivity index (χ4v) is 3.53. The molecular weight excluding hydrogens is 344 g/mol. The monoisotopic (exact) mass is 370 g/mol. The van der Waals surface area contributed by atoms with Crippen molar-refractivity contribution < 1.29 is 14.3 Å². The number of hydrogen-bond acceptors (Lipinski definition) is 4. The quantitative estimate of drug-likeness (QED) is 0.876. The van der Waals surface area contributed by atoms with Gasteiger partial charge in [0.05, 0.1) is 0 Å². The Hall–Kier alpha value is -2.67. The molecule has 7 nitrogen and oxygen atoms in total. The molecule has 1 aromatic carbocycles. The first-order chi connectivity index (χ1) is 13.0. The Morgan fingerprint density at radius 1 is 1.37 bits per heavy atom. The first kappa shape index (κ1) is 19.1. The van der Waals surface area contributed by atoms with E-state index in [1.807, 2.05) is 36.7 Å². The van der Waals surface area contributed by atoms with Gasteiger partial charge in [-0.25, -0.2) is 4.98 Å². The lowest BCUT2D eigenvalue weighted by molar-refractivity contribution is -0.162. The van der Waals surface area contributed by atoms with Crippen LogP contribution in [0.25, 0.3) is 0 Å². The number of ether oxygens (including phenoxy) is 1. The van der Waals surface area contributed by atoms with Crippen molar-refractivity contribution in [1.82, 2.24) is 14.5 Å². The molecule has 0 bridgehead atoms. The third-order valence-corrected chi connectivity index (χ3v) is 5.05. The topological polar surface area (TPSA) is 76.5 Å². The van der Waals surface area contributed by atoms with Crippen LogP contribution in [0.5, 0.6) is 0 Å². The smallest absolute Gasteiger partial charge is 0.256 e. The van der Waals surface area contributed by atoms with Crippen molar-refractivity contribution in [1.29, 1.82) is 0 Å². The molecule has 0 saturated carbocycles. The molecule has 1 fully saturated rings. The van der Waals surface area contributed by atoms with Crippen LogP contribution in [0, 0.1) is 6.92 Å². The average molecular weight is 370 g/mol. The molecule has 1 aliphatic heterocycles. The third kappa shape index (κ3) is 3.73. The van der Waals surface area contributed by atoms with Crippen LogP contribution in [0.15, 0.2) is 30.6 Å². The summed E-state index contributed by atoms with van der Waals surface area (Å²) in [6.07, 6.45) is 3.52. The van der Waals surface area contributed by atoms with Crippen LogP contribution in [0.1, 0.15) is 36.8 Å². The van der Waals surface area contributed by atoms with Gasteiger partial charge in [0.25, 0.3) is 5.91 Å². The molecule has 0 spiro atoms. The molecule has 3 rings (SSSR count). The lowest BCUT2D eigenvalue weighted by atomic mass is 10.0. The minimum absolute atomic E-state index is 0.110. The zero-order chi connectivity index (χ0) is 19.6. The number of carbonyl (C=O) groups excluding carboxylic acids is 2. The Bertz CT molecular complexity index is 846. The van der Waals surface area contributed by atoms with E-state index < -0.39 is 12.1 Å². The van der Waals surface area contributed by atoms with Crippen LogP contribution in [0.2, 0.25) is 0 Å². The number of carbonyl (C=O) groups is 2. The van der Waals surface area contributed by atoms with Crippen molar-refractivity contribution in [3.63, 3.8) is 0 Å². The van der Waals surface area contributed by atoms with Gasteiger partial charge in [-0.15, -0.1) is 0 Å². The second kappa shape index (κ2) is 7.92. The zero-order valence-corrected chi connectivity index (χ0v) is 16.2. The normalized spacial score (nSPS) is 20.0. The van der Waals surface area contributed by atoms with Gasteiger partial charge in [-0.1, -0.05) is 13.0 Å². The molecule has 2 atom stereocenters. The van der Waals surface area contributed by atoms with Crippen LogP contribution in [-0.4, -0.2) is 45.5 Å². The van der Waals surface area contributed by atoms with Crippen molar-refractivity contribution in [2.75, 3.05) is 18.5 Å². The molecule has 144 valence electrons. The molecule has 2 heterocycles. The van der Waals surface area contributed by atoms with E-state index in [4.69, 9.17) is 4.74 Å². The van der Waals surface area contributed by atoms with Crippen LogP contribution < -0.4 is 5.32 Å². The Kier molecular flexibility index (Phi) is 5.60. The predicted octanol–water partition coefficient (Wildman–Crippen LogP) is 2.22. The van der Waals surface area contributed by atoms with E-state index in [1.54, 1.807) is 17.3 Å². The number of morpholine rings is 1. The fourth-order valence-electron chi connectivity index (χ4n) is 3.53. The summed E-state index contributed by atoms with van der Waals surface area (Å²) in [7, 11) is 1.84. The highest BCUT2D eigenvalue weighted by Crippen LogP contribution is 2.30. The zero-order valence-electron chi connectivity index (χ0n) is 16.2. The van der Waals surface area contributed by atoms with Crippen LogP contribution in [0.4, 0.5) is 5.69 Å². The predicted molar refractivity (Wildman–Crippen MR) is 102 cm³/mol. The van der Waals surface area contributed by atoms with E-state index in [0.29, 0.717) is 12.4 Å². The number of anilines is 1. The number of nitrogens with zero attached hydrogens (tertiary/aromatic N) is 3. The minimum Gasteiger partial charge on any atom is -0.356 e. The van der Waals surface area contributed by atoms with Crippen LogP contribution >= 0.6 is 0 Å². The summed E-state index contributed by atoms with van der Waals surface area (Å²) >= 11 is 0. The van der Waals surface area contributed by atoms with E-state index in [-0.39, 0.29) is 18.4 Å². The highest BCUT2D eigenvalue weighted by atomic mass is 16.5. The van der Waals surface area contributed by atoms with Gasteiger partial charge in [0.2, 0.25) is 5.91 Å². The number of rotatable bonds is 5. The van der Waals surface area contributed by atoms with Crippen molar-refractivity contribution in [2.45, 2.75) is 39.3 Å². The standard InChI is InChI=1S/C20H26N4O3/c1-5-14-11-15(8-7-13(14)3)22-20(26)18-17(19-21-9-10-23(19)4)24(6-2)16(25)12-27-18/h7-11,17-18H,5-6,12H2,1-4H3,(H,22,26)/t17-,18-/m0/s1. The summed E-state index contributed by atoms with van der Waals surface area (Å²) in [6.45, 7) is 6.40. The average Bonchev–Trinajstić information content (AvgIpc) is 3.08. The molecule has 0 radical (unpaired) electrons. The minimum atomic E-state index is -0.824. The third-order valence-electron chi connectivity index (χ3n) is 5.05. The Balaban J connectivity index is 1.89. The van der Waals surface area contributed by atoms with Gasteiger partial charge in [0.15, 0.2) is 6.10 Å². The molecule has 7 heteroatoms. The number of amides is 2. The molecule has 1 N–H and O–H groups in total. The Morgan fingerprint density at radius 2 is 2.15 bits per heavy atom.